The first-order valence-corrected chi connectivity index (χ1v) is 5.57. The summed E-state index contributed by atoms with van der Waals surface area (Å²) in [5.74, 6) is 0.302. The summed E-state index contributed by atoms with van der Waals surface area (Å²) in [5, 5.41) is 24.9. The number of nitrogens with zero attached hydrogens (tertiary/aromatic N) is 1. The van der Waals surface area contributed by atoms with E-state index in [0.717, 1.165) is 12.8 Å². The highest BCUT2D eigenvalue weighted by Gasteiger charge is 2.39. The Morgan fingerprint density at radius 3 is 2.69 bits per heavy atom. The van der Waals surface area contributed by atoms with Gasteiger partial charge in [-0.15, -0.1) is 0 Å². The lowest BCUT2D eigenvalue weighted by Gasteiger charge is -2.25. The first-order valence-electron chi connectivity index (χ1n) is 5.57. The van der Waals surface area contributed by atoms with Crippen molar-refractivity contribution < 1.29 is 10.0 Å². The van der Waals surface area contributed by atoms with E-state index in [9.17, 15) is 0 Å². The maximum Gasteiger partial charge on any atom is 0.451 e. The van der Waals surface area contributed by atoms with Crippen LogP contribution < -0.4 is 11.5 Å². The summed E-state index contributed by atoms with van der Waals surface area (Å²) in [5.41, 5.74) is 11.2. The van der Waals surface area contributed by atoms with E-state index in [1.807, 2.05) is 6.92 Å². The molecule has 0 spiro atoms. The van der Waals surface area contributed by atoms with E-state index in [-0.39, 0.29) is 17.4 Å². The number of rotatable bonds is 4. The molecule has 0 aromatic carbocycles. The maximum absolute atomic E-state index is 8.76. The van der Waals surface area contributed by atoms with Gasteiger partial charge in [-0.25, -0.2) is 0 Å². The molecule has 0 aromatic rings. The number of nitrogens with two attached hydrogens (primary N) is 2. The van der Waals surface area contributed by atoms with Crippen LogP contribution in [0.1, 0.15) is 19.8 Å². The average molecular weight is 228 g/mol. The molecule has 1 aliphatic heterocycles. The molecule has 6 nitrogen and oxygen atoms in total. The number of nitrogens with one attached hydrogen (secondary N) is 1. The molecule has 7 heteroatoms. The highest BCUT2D eigenvalue weighted by atomic mass is 16.4. The lowest BCUT2D eigenvalue weighted by molar-refractivity contribution is 0.343. The molecule has 1 heterocycles. The summed E-state index contributed by atoms with van der Waals surface area (Å²) in [6.07, 6.45) is 1.92. The van der Waals surface area contributed by atoms with E-state index in [2.05, 4.69) is 0 Å². The molecule has 1 fully saturated rings. The third-order valence-corrected chi connectivity index (χ3v) is 3.26. The summed E-state index contributed by atoms with van der Waals surface area (Å²) in [6.45, 7) is 3.23. The molecule has 0 radical (unpaired) electrons. The average Bonchev–Trinajstić information content (AvgIpc) is 2.41. The van der Waals surface area contributed by atoms with E-state index in [1.165, 1.54) is 0 Å². The third-order valence-electron chi connectivity index (χ3n) is 3.26. The normalized spacial score (nSPS) is 29.5. The Balaban J connectivity index is 2.44. The topological polar surface area (TPSA) is 120 Å². The van der Waals surface area contributed by atoms with Gasteiger partial charge in [0.05, 0.1) is 0 Å². The van der Waals surface area contributed by atoms with Crippen molar-refractivity contribution in [3.8, 4) is 0 Å². The van der Waals surface area contributed by atoms with Gasteiger partial charge in [-0.2, -0.15) is 0 Å². The van der Waals surface area contributed by atoms with Crippen molar-refractivity contribution >= 4 is 13.1 Å². The Bertz CT molecular complexity index is 260. The molecular weight excluding hydrogens is 207 g/mol. The minimum atomic E-state index is -1.24. The van der Waals surface area contributed by atoms with Crippen LogP contribution >= 0.6 is 0 Å². The maximum atomic E-state index is 8.76. The molecule has 1 rings (SSSR count). The van der Waals surface area contributed by atoms with Crippen LogP contribution in [-0.4, -0.2) is 46.7 Å². The van der Waals surface area contributed by atoms with Crippen LogP contribution in [0.2, 0.25) is 6.32 Å². The van der Waals surface area contributed by atoms with E-state index < -0.39 is 7.12 Å². The van der Waals surface area contributed by atoms with Gasteiger partial charge in [-0.05, 0) is 25.6 Å². The van der Waals surface area contributed by atoms with Crippen molar-refractivity contribution in [2.45, 2.75) is 31.6 Å². The van der Waals surface area contributed by atoms with Crippen molar-refractivity contribution in [3.05, 3.63) is 0 Å². The van der Waals surface area contributed by atoms with Crippen LogP contribution in [0.25, 0.3) is 0 Å². The number of guanidine groups is 1. The van der Waals surface area contributed by atoms with Crippen molar-refractivity contribution in [2.24, 2.45) is 17.4 Å². The van der Waals surface area contributed by atoms with Gasteiger partial charge in [0.1, 0.15) is 0 Å². The van der Waals surface area contributed by atoms with Crippen molar-refractivity contribution in [3.63, 3.8) is 0 Å². The van der Waals surface area contributed by atoms with Gasteiger partial charge in [0.2, 0.25) is 0 Å². The Hall–Kier alpha value is -0.785. The lowest BCUT2D eigenvalue weighted by Crippen LogP contribution is -2.45. The Morgan fingerprint density at radius 2 is 2.25 bits per heavy atom. The standard InChI is InChI=1S/C9H21BN4O2/c1-9(13)6-14(8(11)12)5-7(9)3-2-4-10(15)16/h7,15-16H,2-6,13H2,1H3,(H3,11,12)/t7-,9-/m0/s1. The van der Waals surface area contributed by atoms with Gasteiger partial charge in [-0.3, -0.25) is 5.41 Å². The Labute approximate surface area is 96.3 Å². The van der Waals surface area contributed by atoms with E-state index in [0.29, 0.717) is 19.4 Å². The fraction of sp³-hybridized carbons (Fsp3) is 0.889. The van der Waals surface area contributed by atoms with Crippen LogP contribution in [0.5, 0.6) is 0 Å². The van der Waals surface area contributed by atoms with E-state index in [1.54, 1.807) is 4.90 Å². The molecule has 0 aromatic heterocycles. The van der Waals surface area contributed by atoms with E-state index >= 15 is 0 Å². The third kappa shape index (κ3) is 3.36. The van der Waals surface area contributed by atoms with Crippen LogP contribution in [0, 0.1) is 11.3 Å². The summed E-state index contributed by atoms with van der Waals surface area (Å²) in [4.78, 5) is 1.76. The van der Waals surface area contributed by atoms with Gasteiger partial charge in [0.25, 0.3) is 0 Å². The highest BCUT2D eigenvalue weighted by molar-refractivity contribution is 6.40. The molecule has 1 aliphatic rings. The van der Waals surface area contributed by atoms with Gasteiger partial charge < -0.3 is 26.4 Å². The second kappa shape index (κ2) is 5.03. The molecule has 2 atom stereocenters. The zero-order chi connectivity index (χ0) is 12.3. The molecule has 16 heavy (non-hydrogen) atoms. The van der Waals surface area contributed by atoms with Crippen LogP contribution in [-0.2, 0) is 0 Å². The van der Waals surface area contributed by atoms with Crippen molar-refractivity contribution in [2.75, 3.05) is 13.1 Å². The minimum Gasteiger partial charge on any atom is -0.427 e. The minimum absolute atomic E-state index is 0.0568. The fourth-order valence-electron chi connectivity index (χ4n) is 2.23. The smallest absolute Gasteiger partial charge is 0.427 e. The van der Waals surface area contributed by atoms with Gasteiger partial charge in [-0.1, -0.05) is 6.42 Å². The Morgan fingerprint density at radius 1 is 1.62 bits per heavy atom. The van der Waals surface area contributed by atoms with Crippen molar-refractivity contribution in [1.82, 2.24) is 4.90 Å². The monoisotopic (exact) mass is 228 g/mol. The van der Waals surface area contributed by atoms with Gasteiger partial charge in [0.15, 0.2) is 5.96 Å². The number of hydrogen-bond acceptors (Lipinski definition) is 4. The molecule has 92 valence electrons. The molecular formula is C9H21BN4O2. The highest BCUT2D eigenvalue weighted by Crippen LogP contribution is 2.29. The van der Waals surface area contributed by atoms with Crippen molar-refractivity contribution in [1.29, 1.82) is 5.41 Å². The zero-order valence-electron chi connectivity index (χ0n) is 9.69. The van der Waals surface area contributed by atoms with E-state index in [4.69, 9.17) is 26.9 Å². The first-order chi connectivity index (χ1) is 7.33. The van der Waals surface area contributed by atoms with Crippen LogP contribution in [0.3, 0.4) is 0 Å². The molecule has 1 saturated heterocycles. The summed E-state index contributed by atoms with van der Waals surface area (Å²) < 4.78 is 0. The van der Waals surface area contributed by atoms with Crippen LogP contribution in [0.15, 0.2) is 0 Å². The lowest BCUT2D eigenvalue weighted by atomic mass is 9.79. The number of hydrogen-bond donors (Lipinski definition) is 5. The zero-order valence-corrected chi connectivity index (χ0v) is 9.69. The predicted octanol–water partition coefficient (Wildman–Crippen LogP) is -1.22. The largest absolute Gasteiger partial charge is 0.451 e. The Kier molecular flexibility index (Phi) is 4.18. The molecule has 0 amide bonds. The molecule has 0 bridgehead atoms. The second-order valence-electron chi connectivity index (χ2n) is 4.88. The SMILES string of the molecule is C[C@]1(N)CN(C(=N)N)C[C@@H]1CCCB(O)O. The molecule has 0 saturated carbocycles. The second-order valence-corrected chi connectivity index (χ2v) is 4.88. The fourth-order valence-corrected chi connectivity index (χ4v) is 2.23. The molecule has 7 N–H and O–H groups in total. The summed E-state index contributed by atoms with van der Waals surface area (Å²) in [7, 11) is -1.24. The molecule has 0 aliphatic carbocycles. The van der Waals surface area contributed by atoms with Gasteiger partial charge >= 0.3 is 7.12 Å². The van der Waals surface area contributed by atoms with Gasteiger partial charge in [0, 0.05) is 18.6 Å². The summed E-state index contributed by atoms with van der Waals surface area (Å²) in [6, 6.07) is 0. The first kappa shape index (κ1) is 13.3. The number of likely N-dealkylation sites (tertiary alicyclic amines) is 1. The predicted molar refractivity (Wildman–Crippen MR) is 63.8 cm³/mol. The summed E-state index contributed by atoms with van der Waals surface area (Å²) >= 11 is 0. The van der Waals surface area contributed by atoms with Crippen LogP contribution in [0.4, 0.5) is 0 Å². The molecule has 0 unspecified atom stereocenters. The quantitative estimate of drug-likeness (QED) is 0.235.